The highest BCUT2D eigenvalue weighted by Crippen LogP contribution is 2.15. The van der Waals surface area contributed by atoms with Crippen molar-refractivity contribution < 1.29 is 19.8 Å². The van der Waals surface area contributed by atoms with Crippen molar-refractivity contribution in [1.29, 1.82) is 0 Å². The topological polar surface area (TPSA) is 92.4 Å². The van der Waals surface area contributed by atoms with Crippen LogP contribution in [0.5, 0.6) is 0 Å². The van der Waals surface area contributed by atoms with E-state index in [1.54, 1.807) is 30.5 Å². The van der Waals surface area contributed by atoms with Crippen LogP contribution in [0.4, 0.5) is 0 Å². The van der Waals surface area contributed by atoms with Crippen molar-refractivity contribution in [2.24, 2.45) is 0 Å². The molecule has 0 aliphatic heterocycles. The van der Waals surface area contributed by atoms with Gasteiger partial charge < -0.3 is 14.8 Å². The van der Waals surface area contributed by atoms with Crippen LogP contribution in [-0.2, 0) is 17.8 Å². The molecule has 6 heteroatoms. The second-order valence-electron chi connectivity index (χ2n) is 5.46. The number of hydrogen-bond acceptors (Lipinski definition) is 3. The molecule has 0 spiro atoms. The number of hydrogen-bond donors (Lipinski definition) is 2. The van der Waals surface area contributed by atoms with Crippen LogP contribution in [0, 0.1) is 0 Å². The maximum Gasteiger partial charge on any atom is 0.335 e. The number of aromatic nitrogens is 2. The van der Waals surface area contributed by atoms with Gasteiger partial charge in [-0.3, -0.25) is 0 Å². The number of unbranched alkanes of at least 4 members (excludes halogenated alkanes) is 1. The average molecular weight is 328 g/mol. The third kappa shape index (κ3) is 4.55. The highest BCUT2D eigenvalue weighted by molar-refractivity contribution is 5.87. The predicted octanol–water partition coefficient (Wildman–Crippen LogP) is 3.07. The first-order valence-electron chi connectivity index (χ1n) is 7.79. The predicted molar refractivity (Wildman–Crippen MR) is 90.0 cm³/mol. The number of imidazole rings is 1. The first-order valence-corrected chi connectivity index (χ1v) is 7.79. The zero-order valence-corrected chi connectivity index (χ0v) is 13.5. The lowest BCUT2D eigenvalue weighted by Gasteiger charge is -2.11. The lowest BCUT2D eigenvalue weighted by molar-refractivity contribution is -0.131. The van der Waals surface area contributed by atoms with Crippen LogP contribution in [0.25, 0.3) is 6.08 Å². The van der Waals surface area contributed by atoms with Gasteiger partial charge in [0.25, 0.3) is 0 Å². The Morgan fingerprint density at radius 3 is 2.50 bits per heavy atom. The number of carboxylic acids is 2. The monoisotopic (exact) mass is 328 g/mol. The zero-order chi connectivity index (χ0) is 17.5. The number of aliphatic carboxylic acids is 1. The third-order valence-electron chi connectivity index (χ3n) is 3.66. The molecule has 126 valence electrons. The van der Waals surface area contributed by atoms with Gasteiger partial charge in [-0.15, -0.1) is 0 Å². The molecule has 0 aliphatic rings. The fraction of sp³-hybridized carbons (Fsp3) is 0.278. The first-order chi connectivity index (χ1) is 11.5. The third-order valence-corrected chi connectivity index (χ3v) is 3.66. The molecule has 24 heavy (non-hydrogen) atoms. The number of aromatic carboxylic acids is 1. The molecule has 0 bridgehead atoms. The zero-order valence-electron chi connectivity index (χ0n) is 13.5. The van der Waals surface area contributed by atoms with E-state index in [-0.39, 0.29) is 5.56 Å². The maximum absolute atomic E-state index is 10.9. The summed E-state index contributed by atoms with van der Waals surface area (Å²) in [5.41, 5.74) is 1.88. The average Bonchev–Trinajstić information content (AvgIpc) is 2.93. The molecule has 0 unspecified atom stereocenters. The van der Waals surface area contributed by atoms with Crippen molar-refractivity contribution in [3.63, 3.8) is 0 Å². The van der Waals surface area contributed by atoms with E-state index in [2.05, 4.69) is 11.9 Å². The largest absolute Gasteiger partial charge is 0.478 e. The fourth-order valence-corrected chi connectivity index (χ4v) is 2.37. The summed E-state index contributed by atoms with van der Waals surface area (Å²) in [4.78, 5) is 26.1. The Labute approximate surface area is 140 Å². The number of benzene rings is 1. The number of aryl methyl sites for hydroxylation is 1. The molecule has 1 heterocycles. The Morgan fingerprint density at radius 2 is 1.92 bits per heavy atom. The molecule has 0 saturated carbocycles. The normalized spacial score (nSPS) is 11.0. The van der Waals surface area contributed by atoms with E-state index in [0.29, 0.717) is 12.2 Å². The Kier molecular flexibility index (Phi) is 5.89. The lowest BCUT2D eigenvalue weighted by Crippen LogP contribution is -2.08. The van der Waals surface area contributed by atoms with Crippen molar-refractivity contribution in [1.82, 2.24) is 9.55 Å². The molecule has 2 N–H and O–H groups in total. The van der Waals surface area contributed by atoms with E-state index in [1.807, 2.05) is 4.57 Å². The van der Waals surface area contributed by atoms with Crippen LogP contribution >= 0.6 is 0 Å². The van der Waals surface area contributed by atoms with Gasteiger partial charge >= 0.3 is 11.9 Å². The molecule has 0 amide bonds. The minimum absolute atomic E-state index is 0.238. The van der Waals surface area contributed by atoms with E-state index >= 15 is 0 Å². The SMILES string of the molecule is CCCCc1ncc(/C=C/C(=O)O)n1Cc1ccc(C(=O)O)cc1. The van der Waals surface area contributed by atoms with Crippen LogP contribution in [0.3, 0.4) is 0 Å². The minimum atomic E-state index is -1.01. The molecular formula is C18H20N2O4. The molecule has 0 radical (unpaired) electrons. The smallest absolute Gasteiger partial charge is 0.335 e. The molecule has 2 aromatic rings. The standard InChI is InChI=1S/C18H20N2O4/c1-2-3-4-16-19-11-15(9-10-17(21)22)20(16)12-13-5-7-14(8-6-13)18(23)24/h5-11H,2-4,12H2,1H3,(H,21,22)(H,23,24)/b10-9+. The van der Waals surface area contributed by atoms with Gasteiger partial charge in [0.05, 0.1) is 17.5 Å². The van der Waals surface area contributed by atoms with Crippen molar-refractivity contribution in [3.8, 4) is 0 Å². The summed E-state index contributed by atoms with van der Waals surface area (Å²) in [6, 6.07) is 6.65. The van der Waals surface area contributed by atoms with Gasteiger partial charge in [-0.1, -0.05) is 25.5 Å². The summed E-state index contributed by atoms with van der Waals surface area (Å²) in [7, 11) is 0. The van der Waals surface area contributed by atoms with Crippen molar-refractivity contribution >= 4 is 18.0 Å². The summed E-state index contributed by atoms with van der Waals surface area (Å²) in [6.45, 7) is 2.61. The second-order valence-corrected chi connectivity index (χ2v) is 5.46. The van der Waals surface area contributed by atoms with E-state index < -0.39 is 11.9 Å². The van der Waals surface area contributed by atoms with Gasteiger partial charge in [-0.2, -0.15) is 0 Å². The Morgan fingerprint density at radius 1 is 1.21 bits per heavy atom. The highest BCUT2D eigenvalue weighted by atomic mass is 16.4. The van der Waals surface area contributed by atoms with Gasteiger partial charge in [-0.25, -0.2) is 14.6 Å². The van der Waals surface area contributed by atoms with Crippen molar-refractivity contribution in [3.05, 3.63) is 59.2 Å². The summed E-state index contributed by atoms with van der Waals surface area (Å²) in [6.07, 6.45) is 7.12. The fourth-order valence-electron chi connectivity index (χ4n) is 2.37. The molecule has 0 fully saturated rings. The Balaban J connectivity index is 2.29. The maximum atomic E-state index is 10.9. The minimum Gasteiger partial charge on any atom is -0.478 e. The van der Waals surface area contributed by atoms with Crippen molar-refractivity contribution in [2.45, 2.75) is 32.7 Å². The van der Waals surface area contributed by atoms with Gasteiger partial charge in [0, 0.05) is 19.0 Å². The molecule has 0 aliphatic carbocycles. The summed E-state index contributed by atoms with van der Waals surface area (Å²) in [5.74, 6) is -1.08. The molecule has 1 aromatic heterocycles. The highest BCUT2D eigenvalue weighted by Gasteiger charge is 2.10. The van der Waals surface area contributed by atoms with Gasteiger partial charge in [0.2, 0.25) is 0 Å². The van der Waals surface area contributed by atoms with E-state index in [0.717, 1.165) is 36.7 Å². The summed E-state index contributed by atoms with van der Waals surface area (Å²) >= 11 is 0. The summed E-state index contributed by atoms with van der Waals surface area (Å²) in [5, 5.41) is 17.8. The second kappa shape index (κ2) is 8.10. The van der Waals surface area contributed by atoms with Crippen LogP contribution in [-0.4, -0.2) is 31.7 Å². The Bertz CT molecular complexity index is 745. The van der Waals surface area contributed by atoms with Crippen LogP contribution in [0.15, 0.2) is 36.5 Å². The number of carbonyl (C=O) groups is 2. The Hall–Kier alpha value is -2.89. The molecule has 0 atom stereocenters. The lowest BCUT2D eigenvalue weighted by atomic mass is 10.1. The molecule has 6 nitrogen and oxygen atoms in total. The van der Waals surface area contributed by atoms with E-state index in [4.69, 9.17) is 10.2 Å². The first kappa shape index (κ1) is 17.5. The van der Waals surface area contributed by atoms with Gasteiger partial charge in [0.15, 0.2) is 0 Å². The number of nitrogens with zero attached hydrogens (tertiary/aromatic N) is 2. The van der Waals surface area contributed by atoms with Crippen LogP contribution in [0.2, 0.25) is 0 Å². The number of rotatable bonds is 8. The van der Waals surface area contributed by atoms with E-state index in [1.165, 1.54) is 6.08 Å². The van der Waals surface area contributed by atoms with Gasteiger partial charge in [-0.05, 0) is 30.2 Å². The molecular weight excluding hydrogens is 308 g/mol. The molecule has 2 rings (SSSR count). The van der Waals surface area contributed by atoms with Crippen LogP contribution in [0.1, 0.15) is 47.2 Å². The molecule has 1 aromatic carbocycles. The van der Waals surface area contributed by atoms with Crippen LogP contribution < -0.4 is 0 Å². The quantitative estimate of drug-likeness (QED) is 0.727. The van der Waals surface area contributed by atoms with Gasteiger partial charge in [0.1, 0.15) is 5.82 Å². The van der Waals surface area contributed by atoms with E-state index in [9.17, 15) is 9.59 Å². The summed E-state index contributed by atoms with van der Waals surface area (Å²) < 4.78 is 1.96. The number of carboxylic acid groups (broad SMARTS) is 2. The van der Waals surface area contributed by atoms with Crippen molar-refractivity contribution in [2.75, 3.05) is 0 Å². The molecule has 0 saturated heterocycles.